The van der Waals surface area contributed by atoms with Crippen molar-refractivity contribution in [2.75, 3.05) is 25.1 Å². The Morgan fingerprint density at radius 2 is 1.95 bits per heavy atom. The number of sulfone groups is 1. The summed E-state index contributed by atoms with van der Waals surface area (Å²) in [4.78, 5) is 0. The topological polar surface area (TPSA) is 55.4 Å². The van der Waals surface area contributed by atoms with Crippen molar-refractivity contribution >= 4 is 9.84 Å². The highest BCUT2D eigenvalue weighted by molar-refractivity contribution is 7.90. The van der Waals surface area contributed by atoms with Crippen LogP contribution in [0.25, 0.3) is 0 Å². The van der Waals surface area contributed by atoms with Gasteiger partial charge in [0.05, 0.1) is 11.3 Å². The molecule has 1 aliphatic heterocycles. The van der Waals surface area contributed by atoms with Gasteiger partial charge in [0.2, 0.25) is 0 Å². The second-order valence-corrected chi connectivity index (χ2v) is 7.71. The molecule has 124 valence electrons. The van der Waals surface area contributed by atoms with Crippen molar-refractivity contribution in [3.63, 3.8) is 0 Å². The van der Waals surface area contributed by atoms with E-state index in [1.54, 1.807) is 0 Å². The smallest absolute Gasteiger partial charge is 0.416 e. The van der Waals surface area contributed by atoms with Gasteiger partial charge in [0.15, 0.2) is 9.84 Å². The predicted octanol–water partition coefficient (Wildman–Crippen LogP) is 2.11. The molecule has 2 rings (SSSR count). The van der Waals surface area contributed by atoms with Crippen molar-refractivity contribution in [2.45, 2.75) is 18.7 Å². The molecule has 0 radical (unpaired) electrons. The van der Waals surface area contributed by atoms with Crippen LogP contribution in [0.15, 0.2) is 24.3 Å². The Morgan fingerprint density at radius 1 is 1.32 bits per heavy atom. The lowest BCUT2D eigenvalue weighted by molar-refractivity contribution is -0.137. The van der Waals surface area contributed by atoms with Crippen LogP contribution in [0, 0.1) is 5.92 Å². The summed E-state index contributed by atoms with van der Waals surface area (Å²) in [6.45, 7) is 1.42. The first kappa shape index (κ1) is 17.1. The van der Waals surface area contributed by atoms with Crippen molar-refractivity contribution in [2.24, 2.45) is 5.92 Å². The van der Waals surface area contributed by atoms with E-state index >= 15 is 0 Å². The van der Waals surface area contributed by atoms with E-state index in [1.807, 2.05) is 0 Å². The van der Waals surface area contributed by atoms with Crippen LogP contribution in [-0.4, -0.2) is 39.6 Å². The average Bonchev–Trinajstić information content (AvgIpc) is 2.89. The first-order valence-electron chi connectivity index (χ1n) is 6.87. The fraction of sp³-hybridized carbons (Fsp3) is 0.571. The summed E-state index contributed by atoms with van der Waals surface area (Å²) >= 11 is 0. The van der Waals surface area contributed by atoms with Gasteiger partial charge < -0.3 is 10.1 Å². The fourth-order valence-corrected chi connectivity index (χ4v) is 3.39. The van der Waals surface area contributed by atoms with Crippen molar-refractivity contribution in [1.29, 1.82) is 0 Å². The van der Waals surface area contributed by atoms with E-state index in [1.165, 1.54) is 12.1 Å². The summed E-state index contributed by atoms with van der Waals surface area (Å²) in [7, 11) is -3.25. The van der Waals surface area contributed by atoms with Crippen LogP contribution in [0.3, 0.4) is 0 Å². The van der Waals surface area contributed by atoms with E-state index in [4.69, 9.17) is 4.74 Å². The van der Waals surface area contributed by atoms with Crippen LogP contribution in [0.1, 0.15) is 12.0 Å². The standard InChI is InChI=1S/C14H18F3NO3S/c1-22(19,20)9-13(10-6-7-18-8-10)21-12-4-2-11(3-5-12)14(15,16)17/h2-5,10,13,18H,6-9H2,1H3. The number of ether oxygens (including phenoxy) is 1. The number of nitrogens with one attached hydrogen (secondary N) is 1. The number of rotatable bonds is 5. The monoisotopic (exact) mass is 337 g/mol. The van der Waals surface area contributed by atoms with Gasteiger partial charge in [-0.2, -0.15) is 13.2 Å². The summed E-state index contributed by atoms with van der Waals surface area (Å²) < 4.78 is 66.3. The minimum atomic E-state index is -4.40. The van der Waals surface area contributed by atoms with E-state index < -0.39 is 27.7 Å². The van der Waals surface area contributed by atoms with Crippen LogP contribution in [0.5, 0.6) is 5.75 Å². The van der Waals surface area contributed by atoms with E-state index in [9.17, 15) is 21.6 Å². The van der Waals surface area contributed by atoms with Gasteiger partial charge in [-0.05, 0) is 37.2 Å². The lowest BCUT2D eigenvalue weighted by atomic mass is 10.0. The average molecular weight is 337 g/mol. The maximum Gasteiger partial charge on any atom is 0.416 e. The van der Waals surface area contributed by atoms with Crippen LogP contribution in [0.2, 0.25) is 0 Å². The minimum Gasteiger partial charge on any atom is -0.489 e. The summed E-state index contributed by atoms with van der Waals surface area (Å²) in [5.74, 6) is 0.117. The molecule has 1 aromatic carbocycles. The summed E-state index contributed by atoms with van der Waals surface area (Å²) in [6.07, 6.45) is -3.07. The van der Waals surface area contributed by atoms with Crippen LogP contribution < -0.4 is 10.1 Å². The SMILES string of the molecule is CS(=O)(=O)CC(Oc1ccc(C(F)(F)F)cc1)C1CCNC1. The molecule has 1 fully saturated rings. The summed E-state index contributed by atoms with van der Waals surface area (Å²) in [5, 5.41) is 3.13. The van der Waals surface area contributed by atoms with Crippen LogP contribution in [-0.2, 0) is 16.0 Å². The second kappa shape index (κ2) is 6.45. The Hall–Kier alpha value is -1.28. The molecule has 0 amide bonds. The minimum absolute atomic E-state index is 0.0250. The molecule has 1 aliphatic rings. The molecule has 1 heterocycles. The molecule has 1 aromatic rings. The van der Waals surface area contributed by atoms with Gasteiger partial charge in [-0.25, -0.2) is 8.42 Å². The largest absolute Gasteiger partial charge is 0.489 e. The molecule has 22 heavy (non-hydrogen) atoms. The molecular weight excluding hydrogens is 319 g/mol. The molecule has 2 atom stereocenters. The van der Waals surface area contributed by atoms with Gasteiger partial charge in [-0.15, -0.1) is 0 Å². The number of hydrogen-bond donors (Lipinski definition) is 1. The molecule has 8 heteroatoms. The maximum atomic E-state index is 12.5. The third-order valence-electron chi connectivity index (χ3n) is 3.56. The highest BCUT2D eigenvalue weighted by Gasteiger charge is 2.31. The second-order valence-electron chi connectivity index (χ2n) is 5.52. The highest BCUT2D eigenvalue weighted by atomic mass is 32.2. The lowest BCUT2D eigenvalue weighted by Gasteiger charge is -2.24. The first-order chi connectivity index (χ1) is 10.1. The van der Waals surface area contributed by atoms with Gasteiger partial charge in [0.25, 0.3) is 0 Å². The maximum absolute atomic E-state index is 12.5. The Morgan fingerprint density at radius 3 is 2.41 bits per heavy atom. The summed E-state index contributed by atoms with van der Waals surface area (Å²) in [6, 6.07) is 4.31. The quantitative estimate of drug-likeness (QED) is 0.894. The number of hydrogen-bond acceptors (Lipinski definition) is 4. The molecule has 0 spiro atoms. The van der Waals surface area contributed by atoms with Crippen molar-refractivity contribution in [3.8, 4) is 5.75 Å². The van der Waals surface area contributed by atoms with Crippen molar-refractivity contribution < 1.29 is 26.3 Å². The lowest BCUT2D eigenvalue weighted by Crippen LogP contribution is -2.35. The van der Waals surface area contributed by atoms with Gasteiger partial charge >= 0.3 is 6.18 Å². The van der Waals surface area contributed by atoms with Crippen LogP contribution >= 0.6 is 0 Å². The van der Waals surface area contributed by atoms with Gasteiger partial charge in [-0.3, -0.25) is 0 Å². The molecule has 4 nitrogen and oxygen atoms in total. The van der Waals surface area contributed by atoms with Gasteiger partial charge in [0, 0.05) is 18.7 Å². The van der Waals surface area contributed by atoms with Gasteiger partial charge in [0.1, 0.15) is 11.9 Å². The zero-order chi connectivity index (χ0) is 16.4. The zero-order valence-electron chi connectivity index (χ0n) is 12.1. The number of benzene rings is 1. The van der Waals surface area contributed by atoms with Crippen molar-refractivity contribution in [3.05, 3.63) is 29.8 Å². The molecule has 0 aromatic heterocycles. The Bertz CT molecular complexity index is 593. The molecule has 1 N–H and O–H groups in total. The third-order valence-corrected chi connectivity index (χ3v) is 4.49. The Balaban J connectivity index is 2.12. The molecular formula is C14H18F3NO3S. The van der Waals surface area contributed by atoms with Crippen LogP contribution in [0.4, 0.5) is 13.2 Å². The predicted molar refractivity (Wildman–Crippen MR) is 76.5 cm³/mol. The van der Waals surface area contributed by atoms with E-state index in [2.05, 4.69) is 5.32 Å². The van der Waals surface area contributed by atoms with Gasteiger partial charge in [-0.1, -0.05) is 0 Å². The molecule has 0 aliphatic carbocycles. The fourth-order valence-electron chi connectivity index (χ4n) is 2.46. The summed E-state index contributed by atoms with van der Waals surface area (Å²) in [5.41, 5.74) is -0.762. The normalized spacial score (nSPS) is 20.8. The Kier molecular flexibility index (Phi) is 5.01. The Labute approximate surface area is 127 Å². The molecule has 2 unspecified atom stereocenters. The number of halogens is 3. The molecule has 1 saturated heterocycles. The van der Waals surface area contributed by atoms with E-state index in [0.29, 0.717) is 6.54 Å². The molecule has 0 saturated carbocycles. The van der Waals surface area contributed by atoms with Crippen molar-refractivity contribution in [1.82, 2.24) is 5.32 Å². The van der Waals surface area contributed by atoms with E-state index in [-0.39, 0.29) is 17.4 Å². The zero-order valence-corrected chi connectivity index (χ0v) is 12.9. The third kappa shape index (κ3) is 4.88. The highest BCUT2D eigenvalue weighted by Crippen LogP contribution is 2.31. The first-order valence-corrected chi connectivity index (χ1v) is 8.93. The van der Waals surface area contributed by atoms with E-state index in [0.717, 1.165) is 31.4 Å². The number of alkyl halides is 3. The molecule has 0 bridgehead atoms.